The van der Waals surface area contributed by atoms with E-state index in [2.05, 4.69) is 5.32 Å². The lowest BCUT2D eigenvalue weighted by atomic mass is 10.2. The van der Waals surface area contributed by atoms with Crippen molar-refractivity contribution in [3.63, 3.8) is 0 Å². The summed E-state index contributed by atoms with van der Waals surface area (Å²) in [6, 6.07) is 1.12. The first-order chi connectivity index (χ1) is 7.99. The van der Waals surface area contributed by atoms with Crippen molar-refractivity contribution in [2.75, 3.05) is 5.88 Å². The number of nitrogens with one attached hydrogen (secondary N) is 1. The van der Waals surface area contributed by atoms with Gasteiger partial charge in [0.15, 0.2) is 0 Å². The highest BCUT2D eigenvalue weighted by Crippen LogP contribution is 2.15. The zero-order valence-electron chi connectivity index (χ0n) is 9.64. The molecular weight excluding hydrogens is 246 g/mol. The molecule has 0 aliphatic heterocycles. The quantitative estimate of drug-likeness (QED) is 0.496. The van der Waals surface area contributed by atoms with E-state index in [0.29, 0.717) is 12.3 Å². The van der Waals surface area contributed by atoms with Crippen LogP contribution in [0.3, 0.4) is 0 Å². The second kappa shape index (κ2) is 5.67. The number of carbonyl (C=O) groups is 1. The van der Waals surface area contributed by atoms with Gasteiger partial charge >= 0.3 is 0 Å². The van der Waals surface area contributed by atoms with Crippen molar-refractivity contribution in [1.82, 2.24) is 9.88 Å². The number of aryl methyl sites for hydroxylation is 1. The highest BCUT2D eigenvalue weighted by molar-refractivity contribution is 6.18. The van der Waals surface area contributed by atoms with E-state index in [1.807, 2.05) is 6.92 Å². The summed E-state index contributed by atoms with van der Waals surface area (Å²) in [4.78, 5) is 21.8. The number of carbonyl (C=O) groups excluding carboxylic acids is 1. The molecule has 0 aromatic carbocycles. The van der Waals surface area contributed by atoms with Crippen LogP contribution >= 0.6 is 11.6 Å². The van der Waals surface area contributed by atoms with Crippen LogP contribution < -0.4 is 5.32 Å². The average molecular weight is 260 g/mol. The van der Waals surface area contributed by atoms with Gasteiger partial charge in [0.2, 0.25) is 0 Å². The number of aromatic nitrogens is 1. The van der Waals surface area contributed by atoms with Gasteiger partial charge in [-0.3, -0.25) is 14.9 Å². The summed E-state index contributed by atoms with van der Waals surface area (Å²) in [7, 11) is 1.59. The molecule has 6 nitrogen and oxygen atoms in total. The van der Waals surface area contributed by atoms with Gasteiger partial charge in [0.1, 0.15) is 5.69 Å². The van der Waals surface area contributed by atoms with Crippen LogP contribution in [0.4, 0.5) is 5.69 Å². The fraction of sp³-hybridized carbons (Fsp3) is 0.500. The number of halogens is 1. The van der Waals surface area contributed by atoms with Gasteiger partial charge in [-0.1, -0.05) is 6.92 Å². The van der Waals surface area contributed by atoms with Crippen LogP contribution in [0.1, 0.15) is 23.8 Å². The molecule has 1 amide bonds. The largest absolute Gasteiger partial charge is 0.347 e. The number of nitrogens with zero attached hydrogens (tertiary/aromatic N) is 2. The molecule has 0 aliphatic carbocycles. The molecule has 0 aliphatic rings. The van der Waals surface area contributed by atoms with E-state index in [0.717, 1.165) is 0 Å². The van der Waals surface area contributed by atoms with Crippen LogP contribution in [0.25, 0.3) is 0 Å². The Hall–Kier alpha value is -1.56. The molecule has 0 bridgehead atoms. The number of hydrogen-bond acceptors (Lipinski definition) is 3. The minimum Gasteiger partial charge on any atom is -0.347 e. The Morgan fingerprint density at radius 2 is 2.35 bits per heavy atom. The average Bonchev–Trinajstić information content (AvgIpc) is 2.68. The molecule has 1 aromatic rings. The second-order valence-corrected chi connectivity index (χ2v) is 3.99. The predicted molar refractivity (Wildman–Crippen MR) is 64.3 cm³/mol. The molecule has 0 saturated carbocycles. The lowest BCUT2D eigenvalue weighted by Crippen LogP contribution is -2.36. The van der Waals surface area contributed by atoms with Crippen LogP contribution in [0.15, 0.2) is 12.3 Å². The summed E-state index contributed by atoms with van der Waals surface area (Å²) in [5, 5.41) is 13.3. The van der Waals surface area contributed by atoms with Crippen molar-refractivity contribution in [3.05, 3.63) is 28.1 Å². The van der Waals surface area contributed by atoms with Gasteiger partial charge in [-0.15, -0.1) is 11.6 Å². The van der Waals surface area contributed by atoms with Gasteiger partial charge in [0, 0.05) is 25.0 Å². The number of amides is 1. The van der Waals surface area contributed by atoms with Crippen LogP contribution in [0.2, 0.25) is 0 Å². The molecule has 0 spiro atoms. The third-order valence-corrected chi connectivity index (χ3v) is 2.82. The first-order valence-electron chi connectivity index (χ1n) is 5.17. The third-order valence-electron chi connectivity index (χ3n) is 2.45. The lowest BCUT2D eigenvalue weighted by Gasteiger charge is -2.13. The van der Waals surface area contributed by atoms with Crippen molar-refractivity contribution in [2.24, 2.45) is 7.05 Å². The summed E-state index contributed by atoms with van der Waals surface area (Å²) < 4.78 is 1.43. The molecule has 0 fully saturated rings. The first-order valence-corrected chi connectivity index (χ1v) is 5.70. The van der Waals surface area contributed by atoms with E-state index in [9.17, 15) is 14.9 Å². The minimum atomic E-state index is -0.532. The monoisotopic (exact) mass is 259 g/mol. The summed E-state index contributed by atoms with van der Waals surface area (Å²) >= 11 is 5.66. The van der Waals surface area contributed by atoms with E-state index in [1.54, 1.807) is 7.05 Å². The normalized spacial score (nSPS) is 12.2. The van der Waals surface area contributed by atoms with Gasteiger partial charge in [0.05, 0.1) is 11.1 Å². The van der Waals surface area contributed by atoms with E-state index in [4.69, 9.17) is 11.6 Å². The Labute approximate surface area is 104 Å². The summed E-state index contributed by atoms with van der Waals surface area (Å²) in [5.74, 6) is -0.0394. The van der Waals surface area contributed by atoms with Crippen molar-refractivity contribution in [3.8, 4) is 0 Å². The van der Waals surface area contributed by atoms with Crippen LogP contribution in [-0.2, 0) is 7.05 Å². The SMILES string of the molecule is CCC(CCl)NC(=O)c1cc([N+](=O)[O-])cn1C. The molecule has 7 heteroatoms. The molecular formula is C10H14ClN3O3. The molecule has 0 radical (unpaired) electrons. The minimum absolute atomic E-state index is 0.100. The van der Waals surface area contributed by atoms with Crippen LogP contribution in [0.5, 0.6) is 0 Å². The van der Waals surface area contributed by atoms with E-state index < -0.39 is 4.92 Å². The summed E-state index contributed by atoms with van der Waals surface area (Å²) in [5.41, 5.74) is 0.150. The molecule has 1 N–H and O–H groups in total. The Balaban J connectivity index is 2.85. The van der Waals surface area contributed by atoms with Crippen LogP contribution in [0, 0.1) is 10.1 Å². The summed E-state index contributed by atoms with van der Waals surface area (Å²) in [6.45, 7) is 1.90. The molecule has 1 unspecified atom stereocenters. The Morgan fingerprint density at radius 1 is 1.71 bits per heavy atom. The smallest absolute Gasteiger partial charge is 0.287 e. The molecule has 17 heavy (non-hydrogen) atoms. The van der Waals surface area contributed by atoms with Crippen LogP contribution in [-0.4, -0.2) is 27.3 Å². The number of alkyl halides is 1. The maximum Gasteiger partial charge on any atom is 0.287 e. The highest BCUT2D eigenvalue weighted by atomic mass is 35.5. The van der Waals surface area contributed by atoms with E-state index >= 15 is 0 Å². The fourth-order valence-electron chi connectivity index (χ4n) is 1.38. The lowest BCUT2D eigenvalue weighted by molar-refractivity contribution is -0.384. The number of hydrogen-bond donors (Lipinski definition) is 1. The highest BCUT2D eigenvalue weighted by Gasteiger charge is 2.19. The topological polar surface area (TPSA) is 77.2 Å². The number of nitro groups is 1. The molecule has 1 rings (SSSR count). The van der Waals surface area contributed by atoms with Crippen molar-refractivity contribution in [2.45, 2.75) is 19.4 Å². The second-order valence-electron chi connectivity index (χ2n) is 3.68. The molecule has 1 heterocycles. The summed E-state index contributed by atoms with van der Waals surface area (Å²) in [6.07, 6.45) is 2.01. The predicted octanol–water partition coefficient (Wildman–Crippen LogP) is 1.68. The Morgan fingerprint density at radius 3 is 2.76 bits per heavy atom. The molecule has 94 valence electrons. The zero-order chi connectivity index (χ0) is 13.0. The van der Waals surface area contributed by atoms with Gasteiger partial charge in [-0.25, -0.2) is 0 Å². The molecule has 0 saturated heterocycles. The number of rotatable bonds is 5. The first kappa shape index (κ1) is 13.5. The maximum absolute atomic E-state index is 11.8. The Bertz CT molecular complexity index is 426. The van der Waals surface area contributed by atoms with Gasteiger partial charge in [0.25, 0.3) is 11.6 Å². The molecule has 1 aromatic heterocycles. The zero-order valence-corrected chi connectivity index (χ0v) is 10.4. The van der Waals surface area contributed by atoms with Crippen molar-refractivity contribution >= 4 is 23.2 Å². The molecule has 1 atom stereocenters. The van der Waals surface area contributed by atoms with Gasteiger partial charge in [-0.2, -0.15) is 0 Å². The maximum atomic E-state index is 11.8. The van der Waals surface area contributed by atoms with Crippen molar-refractivity contribution in [1.29, 1.82) is 0 Å². The van der Waals surface area contributed by atoms with E-state index in [-0.39, 0.29) is 23.3 Å². The standard InChI is InChI=1S/C10H14ClN3O3/c1-3-7(5-11)12-10(15)9-4-8(14(16)17)6-13(9)2/h4,6-7H,3,5H2,1-2H3,(H,12,15). The fourth-order valence-corrected chi connectivity index (χ4v) is 1.68. The van der Waals surface area contributed by atoms with Gasteiger partial charge < -0.3 is 9.88 Å². The van der Waals surface area contributed by atoms with Gasteiger partial charge in [-0.05, 0) is 6.42 Å². The van der Waals surface area contributed by atoms with Crippen molar-refractivity contribution < 1.29 is 9.72 Å². The van der Waals surface area contributed by atoms with E-state index in [1.165, 1.54) is 16.8 Å². The third kappa shape index (κ3) is 3.20. The Kier molecular flexibility index (Phi) is 4.51.